The van der Waals surface area contributed by atoms with Crippen LogP contribution < -0.4 is 11.5 Å². The molecule has 0 fully saturated rings. The molecule has 0 aromatic rings. The molecule has 0 heterocycles. The average Bonchev–Trinajstić information content (AvgIpc) is 2.08. The van der Waals surface area contributed by atoms with Gasteiger partial charge in [0, 0.05) is 5.92 Å². The molecule has 1 atom stereocenters. The summed E-state index contributed by atoms with van der Waals surface area (Å²) in [4.78, 5) is 0. The average molecular weight is 184 g/mol. The van der Waals surface area contributed by atoms with Crippen molar-refractivity contribution >= 4 is 0 Å². The Morgan fingerprint density at radius 1 is 1.38 bits per heavy atom. The summed E-state index contributed by atoms with van der Waals surface area (Å²) in [6.45, 7) is 0.785. The summed E-state index contributed by atoms with van der Waals surface area (Å²) in [6.07, 6.45) is 7.38. The Bertz CT molecular complexity index is 212. The molecule has 0 saturated heterocycles. The predicted octanol–water partition coefficient (Wildman–Crippen LogP) is -0.649. The van der Waals surface area contributed by atoms with Gasteiger partial charge in [0.1, 0.15) is 0 Å². The molecule has 0 radical (unpaired) electrons. The van der Waals surface area contributed by atoms with Gasteiger partial charge in [0.15, 0.2) is 0 Å². The standard InChI is InChI=1S/C9H16N2O2/c10-9(11)4-2-1-3-8(9)7-13-6-5-12/h1-4,8,12H,5-7,10-11H2. The fourth-order valence-electron chi connectivity index (χ4n) is 1.19. The topological polar surface area (TPSA) is 81.5 Å². The van der Waals surface area contributed by atoms with Crippen LogP contribution in [-0.4, -0.2) is 30.6 Å². The normalized spacial score (nSPS) is 25.0. The van der Waals surface area contributed by atoms with Gasteiger partial charge in [-0.25, -0.2) is 0 Å². The van der Waals surface area contributed by atoms with Crippen LogP contribution in [0, 0.1) is 5.92 Å². The van der Waals surface area contributed by atoms with Crippen molar-refractivity contribution in [3.63, 3.8) is 0 Å². The Labute approximate surface area is 77.9 Å². The van der Waals surface area contributed by atoms with Gasteiger partial charge in [-0.1, -0.05) is 18.2 Å². The van der Waals surface area contributed by atoms with Crippen LogP contribution in [0.5, 0.6) is 0 Å². The molecule has 0 aromatic carbocycles. The van der Waals surface area contributed by atoms with E-state index in [1.807, 2.05) is 18.2 Å². The maximum atomic E-state index is 8.51. The van der Waals surface area contributed by atoms with Crippen LogP contribution in [0.4, 0.5) is 0 Å². The zero-order valence-electron chi connectivity index (χ0n) is 7.52. The van der Waals surface area contributed by atoms with Crippen LogP contribution in [0.25, 0.3) is 0 Å². The van der Waals surface area contributed by atoms with E-state index in [0.717, 1.165) is 0 Å². The lowest BCUT2D eigenvalue weighted by Crippen LogP contribution is -2.55. The summed E-state index contributed by atoms with van der Waals surface area (Å²) in [5.74, 6) is -0.0240. The van der Waals surface area contributed by atoms with Crippen LogP contribution in [0.1, 0.15) is 0 Å². The summed E-state index contributed by atoms with van der Waals surface area (Å²) >= 11 is 0. The van der Waals surface area contributed by atoms with Crippen LogP contribution in [0.2, 0.25) is 0 Å². The molecule has 0 aromatic heterocycles. The molecule has 0 spiro atoms. The molecule has 1 aliphatic rings. The molecule has 4 heteroatoms. The zero-order chi connectivity index (χ0) is 9.73. The lowest BCUT2D eigenvalue weighted by molar-refractivity contribution is 0.0650. The van der Waals surface area contributed by atoms with Crippen LogP contribution in [0.15, 0.2) is 24.3 Å². The molecule has 0 amide bonds. The van der Waals surface area contributed by atoms with Crippen molar-refractivity contribution in [3.8, 4) is 0 Å². The largest absolute Gasteiger partial charge is 0.394 e. The van der Waals surface area contributed by atoms with Crippen molar-refractivity contribution in [1.82, 2.24) is 0 Å². The number of nitrogens with two attached hydrogens (primary N) is 2. The molecule has 1 aliphatic carbocycles. The second kappa shape index (κ2) is 4.53. The molecular formula is C9H16N2O2. The highest BCUT2D eigenvalue weighted by molar-refractivity contribution is 5.21. The molecule has 0 saturated carbocycles. The summed E-state index contributed by atoms with van der Waals surface area (Å²) in [7, 11) is 0. The second-order valence-electron chi connectivity index (χ2n) is 3.15. The first-order chi connectivity index (χ1) is 6.17. The Morgan fingerprint density at radius 2 is 2.15 bits per heavy atom. The Balaban J connectivity index is 2.40. The van der Waals surface area contributed by atoms with Crippen molar-refractivity contribution in [1.29, 1.82) is 0 Å². The van der Waals surface area contributed by atoms with E-state index in [1.54, 1.807) is 6.08 Å². The molecule has 1 unspecified atom stereocenters. The third kappa shape index (κ3) is 2.93. The van der Waals surface area contributed by atoms with E-state index >= 15 is 0 Å². The third-order valence-electron chi connectivity index (χ3n) is 2.01. The van der Waals surface area contributed by atoms with Crippen molar-refractivity contribution < 1.29 is 9.84 Å². The highest BCUT2D eigenvalue weighted by Gasteiger charge is 2.27. The van der Waals surface area contributed by atoms with Gasteiger partial charge in [-0.2, -0.15) is 0 Å². The Kier molecular flexibility index (Phi) is 3.62. The quantitative estimate of drug-likeness (QED) is 0.400. The zero-order valence-corrected chi connectivity index (χ0v) is 7.52. The van der Waals surface area contributed by atoms with Crippen molar-refractivity contribution in [2.75, 3.05) is 19.8 Å². The maximum Gasteiger partial charge on any atom is 0.0918 e. The monoisotopic (exact) mass is 184 g/mol. The smallest absolute Gasteiger partial charge is 0.0918 e. The van der Waals surface area contributed by atoms with E-state index in [1.165, 1.54) is 0 Å². The molecule has 74 valence electrons. The van der Waals surface area contributed by atoms with Gasteiger partial charge in [0.25, 0.3) is 0 Å². The van der Waals surface area contributed by atoms with Crippen LogP contribution in [-0.2, 0) is 4.74 Å². The SMILES string of the molecule is NC1(N)C=CC=CC1COCCO. The van der Waals surface area contributed by atoms with Crippen molar-refractivity contribution in [3.05, 3.63) is 24.3 Å². The van der Waals surface area contributed by atoms with E-state index in [9.17, 15) is 0 Å². The molecule has 4 nitrogen and oxygen atoms in total. The lowest BCUT2D eigenvalue weighted by atomic mass is 9.90. The van der Waals surface area contributed by atoms with Crippen LogP contribution >= 0.6 is 0 Å². The third-order valence-corrected chi connectivity index (χ3v) is 2.01. The molecule has 1 rings (SSSR count). The van der Waals surface area contributed by atoms with Gasteiger partial charge >= 0.3 is 0 Å². The lowest BCUT2D eigenvalue weighted by Gasteiger charge is -2.30. The van der Waals surface area contributed by atoms with Crippen molar-refractivity contribution in [2.24, 2.45) is 17.4 Å². The number of hydrogen-bond donors (Lipinski definition) is 3. The first-order valence-electron chi connectivity index (χ1n) is 4.29. The molecular weight excluding hydrogens is 168 g/mol. The highest BCUT2D eigenvalue weighted by Crippen LogP contribution is 2.17. The summed E-state index contributed by atoms with van der Waals surface area (Å²) in [6, 6.07) is 0. The van der Waals surface area contributed by atoms with E-state index in [-0.39, 0.29) is 12.5 Å². The van der Waals surface area contributed by atoms with E-state index in [2.05, 4.69) is 0 Å². The predicted molar refractivity (Wildman–Crippen MR) is 50.8 cm³/mol. The first kappa shape index (κ1) is 10.4. The van der Waals surface area contributed by atoms with E-state index in [4.69, 9.17) is 21.3 Å². The maximum absolute atomic E-state index is 8.51. The number of aliphatic hydroxyl groups excluding tert-OH is 1. The fraction of sp³-hybridized carbons (Fsp3) is 0.556. The first-order valence-corrected chi connectivity index (χ1v) is 4.29. The number of rotatable bonds is 4. The molecule has 13 heavy (non-hydrogen) atoms. The number of aliphatic hydroxyl groups is 1. The van der Waals surface area contributed by atoms with Crippen molar-refractivity contribution in [2.45, 2.75) is 5.66 Å². The number of ether oxygens (including phenoxy) is 1. The van der Waals surface area contributed by atoms with Gasteiger partial charge in [-0.05, 0) is 6.08 Å². The minimum Gasteiger partial charge on any atom is -0.394 e. The highest BCUT2D eigenvalue weighted by atomic mass is 16.5. The summed E-state index contributed by atoms with van der Waals surface area (Å²) in [5, 5.41) is 8.51. The van der Waals surface area contributed by atoms with Gasteiger partial charge in [-0.3, -0.25) is 0 Å². The Hall–Kier alpha value is -0.680. The summed E-state index contributed by atoms with van der Waals surface area (Å²) in [5.41, 5.74) is 10.8. The number of hydrogen-bond acceptors (Lipinski definition) is 4. The minimum atomic E-state index is -0.829. The number of allylic oxidation sites excluding steroid dienone is 2. The summed E-state index contributed by atoms with van der Waals surface area (Å²) < 4.78 is 5.16. The molecule has 0 aliphatic heterocycles. The van der Waals surface area contributed by atoms with E-state index < -0.39 is 5.66 Å². The minimum absolute atomic E-state index is 0.0222. The van der Waals surface area contributed by atoms with Gasteiger partial charge in [-0.15, -0.1) is 0 Å². The molecule has 5 N–H and O–H groups in total. The van der Waals surface area contributed by atoms with Crippen LogP contribution in [0.3, 0.4) is 0 Å². The second-order valence-corrected chi connectivity index (χ2v) is 3.15. The Morgan fingerprint density at radius 3 is 2.77 bits per heavy atom. The molecule has 0 bridgehead atoms. The van der Waals surface area contributed by atoms with E-state index in [0.29, 0.717) is 13.2 Å². The van der Waals surface area contributed by atoms with Gasteiger partial charge in [0.05, 0.1) is 25.5 Å². The fourth-order valence-corrected chi connectivity index (χ4v) is 1.19. The van der Waals surface area contributed by atoms with Gasteiger partial charge in [0.2, 0.25) is 0 Å². The van der Waals surface area contributed by atoms with Gasteiger partial charge < -0.3 is 21.3 Å².